The van der Waals surface area contributed by atoms with Gasteiger partial charge in [-0.05, 0) is 25.5 Å². The Labute approximate surface area is 110 Å². The lowest BCUT2D eigenvalue weighted by Crippen LogP contribution is -2.25. The summed E-state index contributed by atoms with van der Waals surface area (Å²) in [4.78, 5) is 11.2. The summed E-state index contributed by atoms with van der Waals surface area (Å²) in [5, 5.41) is 0.749. The fourth-order valence-electron chi connectivity index (χ4n) is 1.23. The minimum absolute atomic E-state index is 0.0822. The third-order valence-corrected chi connectivity index (χ3v) is 4.21. The van der Waals surface area contributed by atoms with Crippen molar-refractivity contribution in [2.45, 2.75) is 18.2 Å². The summed E-state index contributed by atoms with van der Waals surface area (Å²) in [7, 11) is -3.46. The van der Waals surface area contributed by atoms with Crippen molar-refractivity contribution in [1.29, 1.82) is 0 Å². The number of alkyl halides is 1. The van der Waals surface area contributed by atoms with E-state index in [-0.39, 0.29) is 10.7 Å². The minimum atomic E-state index is -3.46. The Morgan fingerprint density at radius 2 is 1.88 bits per heavy atom. The molecule has 0 aliphatic heterocycles. The van der Waals surface area contributed by atoms with Gasteiger partial charge in [0, 0.05) is 17.4 Å². The van der Waals surface area contributed by atoms with Crippen molar-refractivity contribution in [2.75, 3.05) is 11.9 Å². The number of nitrogens with one attached hydrogen (secondary N) is 1. The molecule has 17 heavy (non-hydrogen) atoms. The van der Waals surface area contributed by atoms with Crippen LogP contribution in [0.5, 0.6) is 0 Å². The molecule has 1 aromatic carbocycles. The van der Waals surface area contributed by atoms with Crippen LogP contribution in [0.25, 0.3) is 0 Å². The number of halogens is 1. The monoisotopic (exact) mass is 319 g/mol. The predicted octanol–water partition coefficient (Wildman–Crippen LogP) is 1.95. The van der Waals surface area contributed by atoms with Gasteiger partial charge in [-0.1, -0.05) is 28.1 Å². The molecule has 0 amide bonds. The molecule has 0 bridgehead atoms. The zero-order valence-electron chi connectivity index (χ0n) is 9.44. The summed E-state index contributed by atoms with van der Waals surface area (Å²) in [5.41, 5.74) is 0.504. The summed E-state index contributed by atoms with van der Waals surface area (Å²) < 4.78 is 26.0. The Bertz CT molecular complexity index is 482. The number of Topliss-reactive ketones (excluding diaryl/α,β-unsaturated/α-hetero) is 1. The van der Waals surface area contributed by atoms with Crippen LogP contribution in [0.1, 0.15) is 23.7 Å². The zero-order valence-corrected chi connectivity index (χ0v) is 11.8. The van der Waals surface area contributed by atoms with Gasteiger partial charge in [0.25, 0.3) is 0 Å². The maximum absolute atomic E-state index is 11.8. The van der Waals surface area contributed by atoms with Crippen molar-refractivity contribution < 1.29 is 13.2 Å². The smallest absolute Gasteiger partial charge is 0.240 e. The first-order valence-corrected chi connectivity index (χ1v) is 7.74. The van der Waals surface area contributed by atoms with Crippen molar-refractivity contribution in [1.82, 2.24) is 4.72 Å². The molecule has 0 aliphatic carbocycles. The Morgan fingerprint density at radius 1 is 1.29 bits per heavy atom. The molecule has 0 fully saturated rings. The van der Waals surface area contributed by atoms with Crippen molar-refractivity contribution in [3.63, 3.8) is 0 Å². The second-order valence-corrected chi connectivity index (χ2v) is 6.08. The lowest BCUT2D eigenvalue weighted by molar-refractivity contribution is 0.101. The second kappa shape index (κ2) is 6.28. The highest BCUT2D eigenvalue weighted by atomic mass is 79.9. The fourth-order valence-corrected chi connectivity index (χ4v) is 2.58. The normalized spacial score (nSPS) is 11.4. The lowest BCUT2D eigenvalue weighted by Gasteiger charge is -2.06. The van der Waals surface area contributed by atoms with Gasteiger partial charge in [-0.25, -0.2) is 13.1 Å². The van der Waals surface area contributed by atoms with E-state index in [1.807, 2.05) is 0 Å². The Kier molecular flexibility index (Phi) is 5.30. The molecule has 6 heteroatoms. The van der Waals surface area contributed by atoms with Gasteiger partial charge in [-0.3, -0.25) is 4.79 Å². The Balaban J connectivity index is 2.81. The molecule has 0 saturated heterocycles. The summed E-state index contributed by atoms with van der Waals surface area (Å²) in [6.45, 7) is 1.83. The van der Waals surface area contributed by atoms with Gasteiger partial charge in [0.15, 0.2) is 5.78 Å². The summed E-state index contributed by atoms with van der Waals surface area (Å²) >= 11 is 3.23. The van der Waals surface area contributed by atoms with E-state index in [1.54, 1.807) is 0 Å². The average Bonchev–Trinajstić information content (AvgIpc) is 2.29. The van der Waals surface area contributed by atoms with Crippen LogP contribution in [0.15, 0.2) is 29.2 Å². The predicted molar refractivity (Wildman–Crippen MR) is 70.0 cm³/mol. The summed E-state index contributed by atoms with van der Waals surface area (Å²) in [6.07, 6.45) is 0.727. The number of carbonyl (C=O) groups is 1. The molecule has 0 heterocycles. The molecule has 1 aromatic rings. The fraction of sp³-hybridized carbons (Fsp3) is 0.364. The van der Waals surface area contributed by atoms with Gasteiger partial charge in [-0.15, -0.1) is 0 Å². The highest BCUT2D eigenvalue weighted by Crippen LogP contribution is 2.10. The quantitative estimate of drug-likeness (QED) is 0.495. The molecule has 0 aliphatic rings. The maximum Gasteiger partial charge on any atom is 0.240 e. The highest BCUT2D eigenvalue weighted by Gasteiger charge is 2.13. The molecule has 1 N–H and O–H groups in total. The first-order valence-electron chi connectivity index (χ1n) is 5.14. The van der Waals surface area contributed by atoms with Crippen LogP contribution < -0.4 is 4.72 Å². The van der Waals surface area contributed by atoms with E-state index in [0.29, 0.717) is 12.1 Å². The van der Waals surface area contributed by atoms with Crippen molar-refractivity contribution in [3.05, 3.63) is 29.8 Å². The standard InChI is InChI=1S/C11H14BrNO3S/c1-9(14)10-3-5-11(6-4-10)17(15,16)13-8-2-7-12/h3-6,13H,2,7-8H2,1H3. The summed E-state index contributed by atoms with van der Waals surface area (Å²) in [5.74, 6) is -0.0822. The van der Waals surface area contributed by atoms with E-state index in [0.717, 1.165) is 11.8 Å². The van der Waals surface area contributed by atoms with Crippen LogP contribution in [0.3, 0.4) is 0 Å². The topological polar surface area (TPSA) is 63.2 Å². The van der Waals surface area contributed by atoms with Crippen LogP contribution in [-0.2, 0) is 10.0 Å². The van der Waals surface area contributed by atoms with E-state index in [9.17, 15) is 13.2 Å². The van der Waals surface area contributed by atoms with Gasteiger partial charge in [0.1, 0.15) is 0 Å². The lowest BCUT2D eigenvalue weighted by atomic mass is 10.2. The van der Waals surface area contributed by atoms with Crippen LogP contribution in [0.2, 0.25) is 0 Å². The van der Waals surface area contributed by atoms with Crippen molar-refractivity contribution in [2.24, 2.45) is 0 Å². The maximum atomic E-state index is 11.8. The van der Waals surface area contributed by atoms with Crippen LogP contribution in [0, 0.1) is 0 Å². The van der Waals surface area contributed by atoms with Crippen molar-refractivity contribution >= 4 is 31.7 Å². The largest absolute Gasteiger partial charge is 0.295 e. The van der Waals surface area contributed by atoms with Gasteiger partial charge in [0.05, 0.1) is 4.90 Å². The number of sulfonamides is 1. The van der Waals surface area contributed by atoms with Gasteiger partial charge in [-0.2, -0.15) is 0 Å². The van der Waals surface area contributed by atoms with E-state index >= 15 is 0 Å². The molecule has 4 nitrogen and oxygen atoms in total. The number of benzene rings is 1. The second-order valence-electron chi connectivity index (χ2n) is 3.52. The summed E-state index contributed by atoms with van der Waals surface area (Å²) in [6, 6.07) is 5.91. The first-order chi connectivity index (χ1) is 7.97. The first kappa shape index (κ1) is 14.3. The third-order valence-electron chi connectivity index (χ3n) is 2.17. The molecule has 0 saturated carbocycles. The van der Waals surface area contributed by atoms with E-state index in [2.05, 4.69) is 20.7 Å². The third kappa shape index (κ3) is 4.22. The highest BCUT2D eigenvalue weighted by molar-refractivity contribution is 9.09. The zero-order chi connectivity index (χ0) is 12.9. The van der Waals surface area contributed by atoms with Gasteiger partial charge in [0.2, 0.25) is 10.0 Å². The minimum Gasteiger partial charge on any atom is -0.295 e. The molecule has 0 aromatic heterocycles. The van der Waals surface area contributed by atoms with E-state index in [4.69, 9.17) is 0 Å². The molecule has 1 rings (SSSR count). The molecule has 0 spiro atoms. The van der Waals surface area contributed by atoms with Crippen LogP contribution in [0.4, 0.5) is 0 Å². The van der Waals surface area contributed by atoms with Gasteiger partial charge < -0.3 is 0 Å². The SMILES string of the molecule is CC(=O)c1ccc(S(=O)(=O)NCCCBr)cc1. The molecule has 0 unspecified atom stereocenters. The number of hydrogen-bond acceptors (Lipinski definition) is 3. The molecule has 0 atom stereocenters. The molecular weight excluding hydrogens is 306 g/mol. The molecular formula is C11H14BrNO3S. The van der Waals surface area contributed by atoms with Crippen LogP contribution >= 0.6 is 15.9 Å². The number of carbonyl (C=O) groups excluding carboxylic acids is 1. The van der Waals surface area contributed by atoms with Crippen molar-refractivity contribution in [3.8, 4) is 0 Å². The Morgan fingerprint density at radius 3 is 2.35 bits per heavy atom. The van der Waals surface area contributed by atoms with E-state index < -0.39 is 10.0 Å². The number of ketones is 1. The Hall–Kier alpha value is -0.720. The van der Waals surface area contributed by atoms with Gasteiger partial charge >= 0.3 is 0 Å². The number of hydrogen-bond donors (Lipinski definition) is 1. The van der Waals surface area contributed by atoms with Crippen LogP contribution in [-0.4, -0.2) is 26.1 Å². The number of rotatable bonds is 6. The molecule has 94 valence electrons. The van der Waals surface area contributed by atoms with E-state index in [1.165, 1.54) is 31.2 Å². The average molecular weight is 320 g/mol. The molecule has 0 radical (unpaired) electrons.